The Hall–Kier alpha value is -3.16. The Morgan fingerprint density at radius 1 is 1.15 bits per heavy atom. The van der Waals surface area contributed by atoms with E-state index in [-0.39, 0.29) is 5.69 Å². The highest BCUT2D eigenvalue weighted by molar-refractivity contribution is 6.30. The largest absolute Gasteiger partial charge is 0.368 e. The Bertz CT molecular complexity index is 1230. The van der Waals surface area contributed by atoms with Crippen molar-refractivity contribution in [2.45, 2.75) is 59.9 Å². The maximum atomic E-state index is 14.7. The average molecular weight is 476 g/mol. The highest BCUT2D eigenvalue weighted by atomic mass is 35.5. The molecule has 2 aromatic heterocycles. The van der Waals surface area contributed by atoms with Crippen molar-refractivity contribution in [3.8, 4) is 23.0 Å². The molecule has 0 aliphatic rings. The van der Waals surface area contributed by atoms with Crippen LogP contribution in [0.2, 0.25) is 5.02 Å². The topological polar surface area (TPSA) is 37.8 Å². The number of halogens is 2. The summed E-state index contributed by atoms with van der Waals surface area (Å²) < 4.78 is 14.7. The van der Waals surface area contributed by atoms with Gasteiger partial charge in [-0.3, -0.25) is 0 Å². The number of nitrogens with zero attached hydrogens (tertiary/aromatic N) is 2. The summed E-state index contributed by atoms with van der Waals surface area (Å²) in [6, 6.07) is 11.1. The first-order chi connectivity index (χ1) is 16.3. The summed E-state index contributed by atoms with van der Waals surface area (Å²) >= 11 is 5.94. The second kappa shape index (κ2) is 11.8. The van der Waals surface area contributed by atoms with Crippen LogP contribution in [0.5, 0.6) is 0 Å². The molecule has 0 amide bonds. The van der Waals surface area contributed by atoms with Gasteiger partial charge in [0.05, 0.1) is 0 Å². The molecule has 0 aliphatic carbocycles. The van der Waals surface area contributed by atoms with Gasteiger partial charge in [0.15, 0.2) is 5.82 Å². The molecular formula is C29H31ClFN3. The van der Waals surface area contributed by atoms with Crippen molar-refractivity contribution in [1.82, 2.24) is 9.97 Å². The summed E-state index contributed by atoms with van der Waals surface area (Å²) in [5, 5.41) is 4.02. The number of aromatic nitrogens is 2. The van der Waals surface area contributed by atoms with E-state index in [0.717, 1.165) is 41.9 Å². The zero-order valence-corrected chi connectivity index (χ0v) is 21.2. The van der Waals surface area contributed by atoms with Crippen LogP contribution in [-0.2, 0) is 12.8 Å². The molecule has 5 heteroatoms. The van der Waals surface area contributed by atoms with E-state index in [9.17, 15) is 4.39 Å². The van der Waals surface area contributed by atoms with E-state index >= 15 is 0 Å². The van der Waals surface area contributed by atoms with Gasteiger partial charge in [-0.25, -0.2) is 14.4 Å². The minimum atomic E-state index is -0.433. The third kappa shape index (κ3) is 6.68. The van der Waals surface area contributed by atoms with Crippen molar-refractivity contribution in [3.63, 3.8) is 0 Å². The van der Waals surface area contributed by atoms with Crippen molar-refractivity contribution in [3.05, 3.63) is 87.6 Å². The van der Waals surface area contributed by atoms with Crippen LogP contribution in [0.1, 0.15) is 56.6 Å². The molecule has 0 atom stereocenters. The van der Waals surface area contributed by atoms with Crippen molar-refractivity contribution in [1.29, 1.82) is 0 Å². The maximum absolute atomic E-state index is 14.7. The lowest BCUT2D eigenvalue weighted by atomic mass is 10.00. The molecule has 2 heterocycles. The Balaban J connectivity index is 1.81. The number of allylic oxidation sites excluding steroid dienone is 2. The standard InChI is InChI=1S/C29H31ClFN3/c1-6-21(8-14-25-20(5)16-29(33-19(3)4)34-27(25)7-2)9-15-28-26(31)17-23(18-32-28)22-10-12-24(30)13-11-22/h8,10-13,16-19H,6-7,14H2,1-5H3,(H,33,34)/b21-8+. The first kappa shape index (κ1) is 25.5. The van der Waals surface area contributed by atoms with Crippen LogP contribution in [0.15, 0.2) is 54.2 Å². The predicted molar refractivity (Wildman–Crippen MR) is 141 cm³/mol. The second-order valence-corrected chi connectivity index (χ2v) is 8.94. The molecule has 0 unspecified atom stereocenters. The lowest BCUT2D eigenvalue weighted by Gasteiger charge is -2.15. The number of anilines is 1. The van der Waals surface area contributed by atoms with Crippen LogP contribution >= 0.6 is 11.6 Å². The molecule has 0 saturated carbocycles. The SMILES string of the molecule is CC/C(C#Cc1ncc(-c2ccc(Cl)cc2)cc1F)=C\Cc1c(C)cc(NC(C)C)nc1CC. The van der Waals surface area contributed by atoms with Crippen LogP contribution in [0.4, 0.5) is 10.2 Å². The van der Waals surface area contributed by atoms with Gasteiger partial charge < -0.3 is 5.32 Å². The summed E-state index contributed by atoms with van der Waals surface area (Å²) in [6.07, 6.45) is 6.12. The Morgan fingerprint density at radius 2 is 1.88 bits per heavy atom. The van der Waals surface area contributed by atoms with E-state index in [1.165, 1.54) is 17.2 Å². The zero-order chi connectivity index (χ0) is 24.7. The summed E-state index contributed by atoms with van der Waals surface area (Å²) in [6.45, 7) is 10.5. The van der Waals surface area contributed by atoms with Crippen LogP contribution < -0.4 is 5.32 Å². The smallest absolute Gasteiger partial charge is 0.158 e. The molecule has 3 nitrogen and oxygen atoms in total. The van der Waals surface area contributed by atoms with E-state index in [2.05, 4.69) is 68.9 Å². The predicted octanol–water partition coefficient (Wildman–Crippen LogP) is 7.56. The third-order valence-electron chi connectivity index (χ3n) is 5.50. The van der Waals surface area contributed by atoms with Gasteiger partial charge in [-0.15, -0.1) is 0 Å². The number of benzene rings is 1. The van der Waals surface area contributed by atoms with Crippen LogP contribution in [0, 0.1) is 24.6 Å². The number of pyridine rings is 2. The van der Waals surface area contributed by atoms with Crippen LogP contribution in [0.3, 0.4) is 0 Å². The molecule has 34 heavy (non-hydrogen) atoms. The highest BCUT2D eigenvalue weighted by Crippen LogP contribution is 2.23. The molecule has 3 aromatic rings. The van der Waals surface area contributed by atoms with E-state index in [1.807, 2.05) is 12.1 Å². The van der Waals surface area contributed by atoms with Gasteiger partial charge >= 0.3 is 0 Å². The second-order valence-electron chi connectivity index (χ2n) is 8.50. The fourth-order valence-corrected chi connectivity index (χ4v) is 3.81. The molecule has 1 N–H and O–H groups in total. The molecule has 0 aliphatic heterocycles. The number of aryl methyl sites for hydroxylation is 2. The number of hydrogen-bond donors (Lipinski definition) is 1. The van der Waals surface area contributed by atoms with Gasteiger partial charge in [0, 0.05) is 28.5 Å². The Morgan fingerprint density at radius 3 is 2.50 bits per heavy atom. The average Bonchev–Trinajstić information content (AvgIpc) is 2.80. The van der Waals surface area contributed by atoms with Gasteiger partial charge in [-0.2, -0.15) is 0 Å². The first-order valence-corrected chi connectivity index (χ1v) is 12.1. The van der Waals surface area contributed by atoms with Crippen LogP contribution in [-0.4, -0.2) is 16.0 Å². The maximum Gasteiger partial charge on any atom is 0.158 e. The number of nitrogens with one attached hydrogen (secondary N) is 1. The van der Waals surface area contributed by atoms with Crippen molar-refractivity contribution < 1.29 is 4.39 Å². The summed E-state index contributed by atoms with van der Waals surface area (Å²) in [5.41, 5.74) is 6.17. The fraction of sp³-hybridized carbons (Fsp3) is 0.310. The third-order valence-corrected chi connectivity index (χ3v) is 5.75. The van der Waals surface area contributed by atoms with E-state index in [1.54, 1.807) is 18.3 Å². The van der Waals surface area contributed by atoms with E-state index in [0.29, 0.717) is 16.6 Å². The summed E-state index contributed by atoms with van der Waals surface area (Å²) in [4.78, 5) is 9.05. The van der Waals surface area contributed by atoms with Crippen molar-refractivity contribution in [2.24, 2.45) is 0 Å². The fourth-order valence-electron chi connectivity index (χ4n) is 3.68. The highest BCUT2D eigenvalue weighted by Gasteiger charge is 2.09. The Labute approximate surface area is 207 Å². The normalized spacial score (nSPS) is 11.4. The molecule has 1 aromatic carbocycles. The first-order valence-electron chi connectivity index (χ1n) is 11.7. The number of hydrogen-bond acceptors (Lipinski definition) is 3. The summed E-state index contributed by atoms with van der Waals surface area (Å²) in [5.74, 6) is 6.51. The van der Waals surface area contributed by atoms with E-state index in [4.69, 9.17) is 16.6 Å². The lowest BCUT2D eigenvalue weighted by Crippen LogP contribution is -2.13. The molecule has 0 radical (unpaired) electrons. The number of rotatable bonds is 7. The lowest BCUT2D eigenvalue weighted by molar-refractivity contribution is 0.617. The summed E-state index contributed by atoms with van der Waals surface area (Å²) in [7, 11) is 0. The minimum absolute atomic E-state index is 0.147. The quantitative estimate of drug-likeness (QED) is 0.358. The molecule has 3 rings (SSSR count). The van der Waals surface area contributed by atoms with Crippen molar-refractivity contribution >= 4 is 17.4 Å². The molecular weight excluding hydrogens is 445 g/mol. The van der Waals surface area contributed by atoms with Crippen LogP contribution in [0.25, 0.3) is 11.1 Å². The van der Waals surface area contributed by atoms with E-state index < -0.39 is 5.82 Å². The van der Waals surface area contributed by atoms with Gasteiger partial charge in [0.2, 0.25) is 0 Å². The molecule has 0 saturated heterocycles. The molecule has 0 spiro atoms. The zero-order valence-electron chi connectivity index (χ0n) is 20.5. The molecule has 0 bridgehead atoms. The van der Waals surface area contributed by atoms with Crippen molar-refractivity contribution in [2.75, 3.05) is 5.32 Å². The van der Waals surface area contributed by atoms with Gasteiger partial charge in [-0.1, -0.05) is 49.6 Å². The minimum Gasteiger partial charge on any atom is -0.368 e. The molecule has 176 valence electrons. The Kier molecular flexibility index (Phi) is 8.85. The monoisotopic (exact) mass is 475 g/mol. The van der Waals surface area contributed by atoms with Gasteiger partial charge in [0.1, 0.15) is 11.5 Å². The van der Waals surface area contributed by atoms with Gasteiger partial charge in [0.25, 0.3) is 0 Å². The van der Waals surface area contributed by atoms with Gasteiger partial charge in [-0.05, 0) is 92.5 Å². The molecule has 0 fully saturated rings.